The van der Waals surface area contributed by atoms with Gasteiger partial charge in [0.15, 0.2) is 5.65 Å². The van der Waals surface area contributed by atoms with Crippen molar-refractivity contribution >= 4 is 34.0 Å². The molecule has 2 aromatic heterocycles. The maximum absolute atomic E-state index is 9.44. The van der Waals surface area contributed by atoms with Gasteiger partial charge in [-0.15, -0.1) is 10.2 Å². The predicted octanol–water partition coefficient (Wildman–Crippen LogP) is 3.78. The van der Waals surface area contributed by atoms with E-state index >= 15 is 0 Å². The molecule has 7 heteroatoms. The van der Waals surface area contributed by atoms with Crippen LogP contribution >= 0.6 is 11.6 Å². The van der Waals surface area contributed by atoms with Gasteiger partial charge in [0, 0.05) is 27.9 Å². The lowest BCUT2D eigenvalue weighted by Crippen LogP contribution is -2.12. The van der Waals surface area contributed by atoms with E-state index in [1.54, 1.807) is 11.4 Å². The molecule has 2 aromatic carbocycles. The molecule has 0 bridgehead atoms. The fourth-order valence-corrected chi connectivity index (χ4v) is 3.09. The minimum absolute atomic E-state index is 0.377. The molecule has 0 saturated heterocycles. The number of halogens is 1. The number of nitrogens with zero attached hydrogens (tertiary/aromatic N) is 4. The summed E-state index contributed by atoms with van der Waals surface area (Å²) >= 11 is 6.23. The molecule has 0 amide bonds. The molecule has 1 unspecified atom stereocenters. The van der Waals surface area contributed by atoms with Crippen molar-refractivity contribution in [1.29, 1.82) is 0 Å². The number of nitrogens with one attached hydrogen (secondary N) is 1. The normalized spacial score (nSPS) is 12.6. The molecule has 0 aliphatic heterocycles. The summed E-state index contributed by atoms with van der Waals surface area (Å²) in [6, 6.07) is 15.6. The maximum Gasteiger partial charge on any atom is 0.246 e. The first kappa shape index (κ1) is 16.8. The highest BCUT2D eigenvalue weighted by atomic mass is 35.5. The molecule has 6 nitrogen and oxygen atoms in total. The Morgan fingerprint density at radius 2 is 1.92 bits per heavy atom. The van der Waals surface area contributed by atoms with Gasteiger partial charge in [0.2, 0.25) is 5.95 Å². The summed E-state index contributed by atoms with van der Waals surface area (Å²) in [5, 5.41) is 28.4. The molecule has 0 radical (unpaired) electrons. The number of aliphatic hydroxyl groups excluding tert-OH is 1. The molecule has 1 atom stereocenters. The van der Waals surface area contributed by atoms with Crippen molar-refractivity contribution in [3.63, 3.8) is 0 Å². The zero-order valence-corrected chi connectivity index (χ0v) is 15.0. The van der Waals surface area contributed by atoms with Crippen LogP contribution in [0.3, 0.4) is 0 Å². The largest absolute Gasteiger partial charge is 0.393 e. The Balaban J connectivity index is 1.91. The minimum atomic E-state index is -0.377. The quantitative estimate of drug-likeness (QED) is 0.561. The van der Waals surface area contributed by atoms with Crippen LogP contribution in [0.5, 0.6) is 0 Å². The summed E-state index contributed by atoms with van der Waals surface area (Å²) in [6.45, 7) is 2.34. The first-order valence-corrected chi connectivity index (χ1v) is 8.83. The summed E-state index contributed by atoms with van der Waals surface area (Å²) in [5.41, 5.74) is 2.47. The smallest absolute Gasteiger partial charge is 0.246 e. The summed E-state index contributed by atoms with van der Waals surface area (Å²) in [4.78, 5) is 0. The molecule has 2 heterocycles. The van der Waals surface area contributed by atoms with E-state index in [0.29, 0.717) is 29.6 Å². The van der Waals surface area contributed by atoms with Crippen LogP contribution in [0.25, 0.3) is 27.7 Å². The Hall–Kier alpha value is -2.70. The topological polar surface area (TPSA) is 75.3 Å². The monoisotopic (exact) mass is 367 g/mol. The molecule has 0 fully saturated rings. The third kappa shape index (κ3) is 3.09. The van der Waals surface area contributed by atoms with Crippen LogP contribution in [-0.2, 0) is 0 Å². The second-order valence-electron chi connectivity index (χ2n) is 6.23. The third-order valence-corrected chi connectivity index (χ3v) is 4.45. The molecule has 2 N–H and O–H groups in total. The number of rotatable bonds is 5. The van der Waals surface area contributed by atoms with Gasteiger partial charge in [-0.3, -0.25) is 0 Å². The number of anilines is 1. The van der Waals surface area contributed by atoms with Crippen LogP contribution in [0.15, 0.2) is 48.5 Å². The molecule has 4 rings (SSSR count). The lowest BCUT2D eigenvalue weighted by molar-refractivity contribution is 0.188. The standard InChI is InChI=1S/C19H18ClN5O/c1-12(26)9-10-21-19-23-22-18-15-8-7-14(20)11-16(15)17(24-25(18)19)13-5-3-2-4-6-13/h2-8,11-12,26H,9-10H2,1H3,(H,21,23). The van der Waals surface area contributed by atoms with Crippen molar-refractivity contribution in [2.24, 2.45) is 0 Å². The number of fused-ring (bicyclic) bond motifs is 3. The average Bonchev–Trinajstić information content (AvgIpc) is 3.04. The van der Waals surface area contributed by atoms with E-state index < -0.39 is 0 Å². The highest BCUT2D eigenvalue weighted by Crippen LogP contribution is 2.31. The Kier molecular flexibility index (Phi) is 4.44. The van der Waals surface area contributed by atoms with Crippen LogP contribution in [0.1, 0.15) is 13.3 Å². The maximum atomic E-state index is 9.44. The number of hydrogen-bond donors (Lipinski definition) is 2. The zero-order valence-electron chi connectivity index (χ0n) is 14.2. The highest BCUT2D eigenvalue weighted by molar-refractivity contribution is 6.31. The van der Waals surface area contributed by atoms with Gasteiger partial charge in [-0.05, 0) is 31.5 Å². The minimum Gasteiger partial charge on any atom is -0.393 e. The van der Waals surface area contributed by atoms with E-state index in [-0.39, 0.29) is 6.10 Å². The molecule has 26 heavy (non-hydrogen) atoms. The van der Waals surface area contributed by atoms with E-state index in [0.717, 1.165) is 22.0 Å². The lowest BCUT2D eigenvalue weighted by atomic mass is 10.1. The second-order valence-corrected chi connectivity index (χ2v) is 6.66. The van der Waals surface area contributed by atoms with E-state index in [1.807, 2.05) is 48.5 Å². The number of benzene rings is 2. The first-order chi connectivity index (χ1) is 12.6. The summed E-state index contributed by atoms with van der Waals surface area (Å²) in [5.74, 6) is 0.551. The number of hydrogen-bond acceptors (Lipinski definition) is 5. The van der Waals surface area contributed by atoms with Gasteiger partial charge < -0.3 is 10.4 Å². The van der Waals surface area contributed by atoms with Crippen LogP contribution < -0.4 is 5.32 Å². The molecular weight excluding hydrogens is 350 g/mol. The molecule has 0 saturated carbocycles. The molecule has 4 aromatic rings. The molecular formula is C19H18ClN5O. The fraction of sp³-hybridized carbons (Fsp3) is 0.211. The van der Waals surface area contributed by atoms with Crippen molar-refractivity contribution in [3.8, 4) is 11.3 Å². The van der Waals surface area contributed by atoms with Gasteiger partial charge in [-0.2, -0.15) is 9.61 Å². The van der Waals surface area contributed by atoms with Gasteiger partial charge in [0.25, 0.3) is 0 Å². The number of aromatic nitrogens is 4. The SMILES string of the molecule is CC(O)CCNc1nnc2c3ccc(Cl)cc3c(-c3ccccc3)nn12. The van der Waals surface area contributed by atoms with Crippen LogP contribution in [-0.4, -0.2) is 37.6 Å². The van der Waals surface area contributed by atoms with Gasteiger partial charge in [0.05, 0.1) is 11.8 Å². The van der Waals surface area contributed by atoms with Crippen LogP contribution in [0, 0.1) is 0 Å². The fourth-order valence-electron chi connectivity index (χ4n) is 2.92. The zero-order chi connectivity index (χ0) is 18.1. The van der Waals surface area contributed by atoms with Gasteiger partial charge >= 0.3 is 0 Å². The van der Waals surface area contributed by atoms with Crippen molar-refractivity contribution in [3.05, 3.63) is 53.6 Å². The van der Waals surface area contributed by atoms with Crippen molar-refractivity contribution in [1.82, 2.24) is 19.8 Å². The van der Waals surface area contributed by atoms with Crippen LogP contribution in [0.2, 0.25) is 5.02 Å². The number of aliphatic hydroxyl groups is 1. The van der Waals surface area contributed by atoms with Gasteiger partial charge in [-0.25, -0.2) is 0 Å². The Bertz CT molecular complexity index is 1060. The lowest BCUT2D eigenvalue weighted by Gasteiger charge is -2.10. The van der Waals surface area contributed by atoms with Crippen molar-refractivity contribution < 1.29 is 5.11 Å². The van der Waals surface area contributed by atoms with Crippen LogP contribution in [0.4, 0.5) is 5.95 Å². The molecule has 132 valence electrons. The summed E-state index contributed by atoms with van der Waals surface area (Å²) in [6.07, 6.45) is 0.237. The first-order valence-electron chi connectivity index (χ1n) is 8.45. The second kappa shape index (κ2) is 6.90. The predicted molar refractivity (Wildman–Crippen MR) is 104 cm³/mol. The van der Waals surface area contributed by atoms with Gasteiger partial charge in [0.1, 0.15) is 0 Å². The van der Waals surface area contributed by atoms with Gasteiger partial charge in [-0.1, -0.05) is 41.9 Å². The Labute approximate surface area is 155 Å². The van der Waals surface area contributed by atoms with E-state index in [4.69, 9.17) is 16.7 Å². The van der Waals surface area contributed by atoms with E-state index in [2.05, 4.69) is 15.5 Å². The van der Waals surface area contributed by atoms with E-state index in [1.165, 1.54) is 0 Å². The summed E-state index contributed by atoms with van der Waals surface area (Å²) in [7, 11) is 0. The molecule has 0 aliphatic carbocycles. The third-order valence-electron chi connectivity index (χ3n) is 4.21. The molecule has 0 spiro atoms. The molecule has 0 aliphatic rings. The Morgan fingerprint density at radius 1 is 1.12 bits per heavy atom. The summed E-state index contributed by atoms with van der Waals surface area (Å²) < 4.78 is 1.71. The average molecular weight is 368 g/mol. The Morgan fingerprint density at radius 3 is 2.69 bits per heavy atom. The van der Waals surface area contributed by atoms with E-state index in [9.17, 15) is 5.11 Å². The van der Waals surface area contributed by atoms with Crippen molar-refractivity contribution in [2.45, 2.75) is 19.4 Å². The van der Waals surface area contributed by atoms with Crippen molar-refractivity contribution in [2.75, 3.05) is 11.9 Å². The highest BCUT2D eigenvalue weighted by Gasteiger charge is 2.15.